The van der Waals surface area contributed by atoms with E-state index in [1.807, 2.05) is 121 Å². The van der Waals surface area contributed by atoms with Crippen molar-refractivity contribution in [3.63, 3.8) is 0 Å². The maximum absolute atomic E-state index is 10.9. The molecule has 0 saturated heterocycles. The third-order valence-corrected chi connectivity index (χ3v) is 8.84. The number of hydrogen-bond acceptors (Lipinski definition) is 8. The molecule has 0 amide bonds. The van der Waals surface area contributed by atoms with Crippen LogP contribution in [-0.2, 0) is 26.4 Å². The Hall–Kier alpha value is -5.48. The van der Waals surface area contributed by atoms with Crippen LogP contribution in [0.1, 0.15) is 34.1 Å². The van der Waals surface area contributed by atoms with Crippen LogP contribution < -0.4 is 28.4 Å². The van der Waals surface area contributed by atoms with Gasteiger partial charge in [-0.3, -0.25) is 0 Å². The first kappa shape index (κ1) is 36.3. The largest absolute Gasteiger partial charge is 0.492 e. The molecule has 0 aliphatic rings. The van der Waals surface area contributed by atoms with Gasteiger partial charge in [0.25, 0.3) is 0 Å². The molecule has 0 atom stereocenters. The molecule has 6 rings (SSSR count). The van der Waals surface area contributed by atoms with Crippen molar-refractivity contribution in [2.75, 3.05) is 14.2 Å². The predicted octanol–water partition coefficient (Wildman–Crippen LogP) is 9.43. The Bertz CT molecular complexity index is 2040. The maximum Gasteiger partial charge on any atom is 0.205 e. The van der Waals surface area contributed by atoms with E-state index in [0.29, 0.717) is 27.1 Å². The van der Waals surface area contributed by atoms with E-state index >= 15 is 0 Å². The van der Waals surface area contributed by atoms with E-state index in [1.54, 1.807) is 12.1 Å². The lowest BCUT2D eigenvalue weighted by atomic mass is 9.95. The van der Waals surface area contributed by atoms with Crippen LogP contribution in [0.3, 0.4) is 0 Å². The molecule has 0 aliphatic heterocycles. The Morgan fingerprint density at radius 3 is 1.31 bits per heavy atom. The van der Waals surface area contributed by atoms with Gasteiger partial charge < -0.3 is 38.6 Å². The van der Waals surface area contributed by atoms with Crippen LogP contribution in [0, 0.1) is 0 Å². The van der Waals surface area contributed by atoms with Crippen LogP contribution in [0.15, 0.2) is 138 Å². The summed E-state index contributed by atoms with van der Waals surface area (Å²) in [6.07, 6.45) is -1.93. The van der Waals surface area contributed by atoms with Gasteiger partial charge in [-0.25, -0.2) is 0 Å². The Morgan fingerprint density at radius 1 is 0.481 bits per heavy atom. The first-order chi connectivity index (χ1) is 25.5. The van der Waals surface area contributed by atoms with Crippen molar-refractivity contribution in [2.45, 2.75) is 32.7 Å². The summed E-state index contributed by atoms with van der Waals surface area (Å²) in [5.74, 6) is 1.76. The highest BCUT2D eigenvalue weighted by atomic mass is 79.9. The lowest BCUT2D eigenvalue weighted by molar-refractivity contribution is -0.0423. The first-order valence-electron chi connectivity index (χ1n) is 16.7. The molecule has 52 heavy (non-hydrogen) atoms. The monoisotopic (exact) mass is 762 g/mol. The molecule has 0 bridgehead atoms. The van der Waals surface area contributed by atoms with Crippen LogP contribution in [0.25, 0.3) is 11.1 Å². The maximum atomic E-state index is 10.9. The molecule has 0 aromatic heterocycles. The molecule has 0 aliphatic carbocycles. The van der Waals surface area contributed by atoms with Gasteiger partial charge in [-0.2, -0.15) is 0 Å². The number of benzene rings is 6. The Kier molecular flexibility index (Phi) is 12.3. The Balaban J connectivity index is 1.52. The minimum atomic E-state index is -1.93. The van der Waals surface area contributed by atoms with Crippen molar-refractivity contribution in [3.05, 3.63) is 166 Å². The van der Waals surface area contributed by atoms with Gasteiger partial charge in [0.1, 0.15) is 26.4 Å². The fourth-order valence-corrected chi connectivity index (χ4v) is 6.25. The summed E-state index contributed by atoms with van der Waals surface area (Å²) in [5.41, 5.74) is 4.58. The topological polar surface area (TPSA) is 95.8 Å². The van der Waals surface area contributed by atoms with Crippen molar-refractivity contribution < 1.29 is 38.6 Å². The Morgan fingerprint density at radius 2 is 0.885 bits per heavy atom. The number of aliphatic hydroxyl groups excluding tert-OH is 1. The van der Waals surface area contributed by atoms with E-state index in [0.717, 1.165) is 22.3 Å². The highest BCUT2D eigenvalue weighted by molar-refractivity contribution is 9.10. The molecule has 0 fully saturated rings. The molecule has 6 aromatic carbocycles. The lowest BCUT2D eigenvalue weighted by Crippen LogP contribution is -2.09. The van der Waals surface area contributed by atoms with E-state index < -0.39 is 6.29 Å². The second kappa shape index (κ2) is 17.6. The van der Waals surface area contributed by atoms with E-state index in [2.05, 4.69) is 15.9 Å². The third kappa shape index (κ3) is 8.69. The van der Waals surface area contributed by atoms with Gasteiger partial charge >= 0.3 is 0 Å². The summed E-state index contributed by atoms with van der Waals surface area (Å²) in [6.45, 7) is 0.862. The first-order valence-corrected chi connectivity index (χ1v) is 17.4. The van der Waals surface area contributed by atoms with Crippen LogP contribution in [0.4, 0.5) is 0 Å². The molecule has 0 unspecified atom stereocenters. The van der Waals surface area contributed by atoms with E-state index in [4.69, 9.17) is 28.4 Å². The summed E-state index contributed by atoms with van der Waals surface area (Å²) in [4.78, 5) is 0. The lowest BCUT2D eigenvalue weighted by Gasteiger charge is -2.25. The molecule has 6 aromatic rings. The number of rotatable bonds is 16. The van der Waals surface area contributed by atoms with Crippen molar-refractivity contribution in [3.8, 4) is 45.6 Å². The molecule has 0 spiro atoms. The number of hydrogen-bond donors (Lipinski definition) is 2. The molecule has 266 valence electrons. The predicted molar refractivity (Wildman–Crippen MR) is 203 cm³/mol. The molecular weight excluding hydrogens is 724 g/mol. The highest BCUT2D eigenvalue weighted by Gasteiger charge is 2.31. The second-order valence-electron chi connectivity index (χ2n) is 11.8. The summed E-state index contributed by atoms with van der Waals surface area (Å²) in [7, 11) is 3.02. The van der Waals surface area contributed by atoms with Gasteiger partial charge in [-0.1, -0.05) is 121 Å². The zero-order valence-electron chi connectivity index (χ0n) is 28.8. The van der Waals surface area contributed by atoms with Gasteiger partial charge in [0, 0.05) is 16.7 Å². The van der Waals surface area contributed by atoms with Crippen LogP contribution in [0.5, 0.6) is 34.5 Å². The van der Waals surface area contributed by atoms with Gasteiger partial charge in [0.05, 0.1) is 18.7 Å². The van der Waals surface area contributed by atoms with Gasteiger partial charge in [0.15, 0.2) is 29.3 Å². The Labute approximate surface area is 311 Å². The third-order valence-electron chi connectivity index (χ3n) is 8.25. The highest BCUT2D eigenvalue weighted by Crippen LogP contribution is 2.56. The summed E-state index contributed by atoms with van der Waals surface area (Å²) < 4.78 is 38.4. The SMILES string of the molecule is COc1c(-c2c(C(O)O)cc(OCc3ccccc3)c(OCc3ccccc3)c2OC)cc(Br)c(OCc2ccccc2)c1OCc1ccccc1. The molecule has 2 N–H and O–H groups in total. The van der Waals surface area contributed by atoms with Gasteiger partial charge in [-0.15, -0.1) is 0 Å². The molecule has 8 nitrogen and oxygen atoms in total. The van der Waals surface area contributed by atoms with Crippen LogP contribution >= 0.6 is 15.9 Å². The second-order valence-corrected chi connectivity index (χ2v) is 12.6. The fourth-order valence-electron chi connectivity index (χ4n) is 5.73. The van der Waals surface area contributed by atoms with E-state index in [1.165, 1.54) is 14.2 Å². The minimum absolute atomic E-state index is 0.101. The zero-order chi connectivity index (χ0) is 36.3. The normalized spacial score (nSPS) is 10.9. The number of halogens is 1. The van der Waals surface area contributed by atoms with Crippen molar-refractivity contribution in [1.82, 2.24) is 0 Å². The summed E-state index contributed by atoms with van der Waals surface area (Å²) >= 11 is 3.73. The molecule has 9 heteroatoms. The molecule has 0 heterocycles. The van der Waals surface area contributed by atoms with E-state index in [-0.39, 0.29) is 55.0 Å². The smallest absolute Gasteiger partial charge is 0.205 e. The van der Waals surface area contributed by atoms with Crippen LogP contribution in [-0.4, -0.2) is 24.4 Å². The number of methoxy groups -OCH3 is 2. The minimum Gasteiger partial charge on any atom is -0.492 e. The average molecular weight is 764 g/mol. The van der Waals surface area contributed by atoms with Gasteiger partial charge in [0.2, 0.25) is 11.5 Å². The van der Waals surface area contributed by atoms with Crippen molar-refractivity contribution in [1.29, 1.82) is 0 Å². The molecule has 0 radical (unpaired) electrons. The van der Waals surface area contributed by atoms with E-state index in [9.17, 15) is 10.2 Å². The van der Waals surface area contributed by atoms with Crippen molar-refractivity contribution in [2.24, 2.45) is 0 Å². The molecule has 0 saturated carbocycles. The number of ether oxygens (including phenoxy) is 6. The fraction of sp³-hybridized carbons (Fsp3) is 0.163. The summed E-state index contributed by atoms with van der Waals surface area (Å²) in [6, 6.07) is 42.2. The van der Waals surface area contributed by atoms with Gasteiger partial charge in [-0.05, 0) is 50.3 Å². The average Bonchev–Trinajstić information content (AvgIpc) is 3.19. The standard InChI is InChI=1S/C43H39BrO8/c1-47-38-33(23-35(44)39(50-26-30-17-9-4-10-18-30)42(38)52-28-32-21-13-6-14-22-32)37-34(43(45)46)24-36(49-25-29-15-7-3-8-16-29)40(41(37)48-2)51-27-31-19-11-5-12-20-31/h3-24,43,45-46H,25-28H2,1-2H3. The molecular formula is C43H39BrO8. The van der Waals surface area contributed by atoms with Crippen LogP contribution in [0.2, 0.25) is 0 Å². The van der Waals surface area contributed by atoms with Crippen molar-refractivity contribution >= 4 is 15.9 Å². The summed E-state index contributed by atoms with van der Waals surface area (Å²) in [5, 5.41) is 21.8. The zero-order valence-corrected chi connectivity index (χ0v) is 30.4. The number of aliphatic hydroxyl groups is 2. The quantitative estimate of drug-likeness (QED) is 0.0943.